The Morgan fingerprint density at radius 3 is 2.88 bits per heavy atom. The highest BCUT2D eigenvalue weighted by molar-refractivity contribution is 5.93. The molecule has 1 aromatic heterocycles. The molecular weight excluding hydrogens is 328 g/mol. The first-order valence-corrected chi connectivity index (χ1v) is 7.96. The molecule has 2 heterocycles. The summed E-state index contributed by atoms with van der Waals surface area (Å²) in [6.07, 6.45) is 2.58. The second-order valence-electron chi connectivity index (χ2n) is 5.84. The van der Waals surface area contributed by atoms with E-state index in [2.05, 4.69) is 5.32 Å². The maximum absolute atomic E-state index is 12.6. The fraction of sp³-hybridized carbons (Fsp3) is 0.389. The van der Waals surface area contributed by atoms with Crippen molar-refractivity contribution in [2.45, 2.75) is 13.0 Å². The van der Waals surface area contributed by atoms with Gasteiger partial charge in [0.25, 0.3) is 5.91 Å². The average molecular weight is 351 g/mol. The molecule has 1 aliphatic heterocycles. The first-order chi connectivity index (χ1) is 11.3. The number of para-hydroxylation sites is 1. The van der Waals surface area contributed by atoms with E-state index in [1.54, 1.807) is 12.3 Å². The van der Waals surface area contributed by atoms with Crippen LogP contribution in [0, 0.1) is 5.92 Å². The van der Waals surface area contributed by atoms with Gasteiger partial charge in [-0.05, 0) is 44.1 Å². The summed E-state index contributed by atoms with van der Waals surface area (Å²) in [6.45, 7) is 2.82. The van der Waals surface area contributed by atoms with Gasteiger partial charge in [-0.25, -0.2) is 0 Å². The van der Waals surface area contributed by atoms with Crippen LogP contribution in [0.3, 0.4) is 0 Å². The summed E-state index contributed by atoms with van der Waals surface area (Å²) in [7, 11) is 1.94. The molecule has 1 N–H and O–H groups in total. The molecule has 130 valence electrons. The second kappa shape index (κ2) is 8.76. The van der Waals surface area contributed by atoms with Crippen molar-refractivity contribution in [3.63, 3.8) is 0 Å². The van der Waals surface area contributed by atoms with E-state index in [0.717, 1.165) is 37.4 Å². The highest BCUT2D eigenvalue weighted by Crippen LogP contribution is 2.22. The lowest BCUT2D eigenvalue weighted by Crippen LogP contribution is -2.30. The van der Waals surface area contributed by atoms with Gasteiger partial charge < -0.3 is 19.4 Å². The fourth-order valence-corrected chi connectivity index (χ4v) is 2.93. The standard InChI is InChI=1S/C18H22N2O3.ClH/c1-19-11-14-7-9-20(12-14)18(21)17-15(8-10-22-17)13-23-16-5-3-2-4-6-16;/h2-6,8,10,14,19H,7,9,11-13H2,1H3;1H. The molecule has 1 aliphatic rings. The summed E-state index contributed by atoms with van der Waals surface area (Å²) in [4.78, 5) is 14.5. The molecule has 1 saturated heterocycles. The number of nitrogens with zero attached hydrogens (tertiary/aromatic N) is 1. The topological polar surface area (TPSA) is 54.7 Å². The van der Waals surface area contributed by atoms with Crippen LogP contribution in [-0.2, 0) is 6.61 Å². The lowest BCUT2D eigenvalue weighted by molar-refractivity contribution is 0.0752. The normalized spacial score (nSPS) is 16.7. The Kier molecular flexibility index (Phi) is 6.70. The number of halogens is 1. The van der Waals surface area contributed by atoms with Crippen LogP contribution in [0.5, 0.6) is 5.75 Å². The number of rotatable bonds is 6. The van der Waals surface area contributed by atoms with Gasteiger partial charge in [0.2, 0.25) is 0 Å². The summed E-state index contributed by atoms with van der Waals surface area (Å²) in [6, 6.07) is 11.4. The van der Waals surface area contributed by atoms with Crippen molar-refractivity contribution in [3.8, 4) is 5.75 Å². The minimum Gasteiger partial charge on any atom is -0.489 e. The smallest absolute Gasteiger partial charge is 0.289 e. The second-order valence-corrected chi connectivity index (χ2v) is 5.84. The van der Waals surface area contributed by atoms with Crippen molar-refractivity contribution in [1.82, 2.24) is 10.2 Å². The van der Waals surface area contributed by atoms with Gasteiger partial charge >= 0.3 is 0 Å². The summed E-state index contributed by atoms with van der Waals surface area (Å²) in [5.41, 5.74) is 0.788. The zero-order valence-corrected chi connectivity index (χ0v) is 14.6. The summed E-state index contributed by atoms with van der Waals surface area (Å²) >= 11 is 0. The van der Waals surface area contributed by atoms with Crippen molar-refractivity contribution >= 4 is 18.3 Å². The molecule has 24 heavy (non-hydrogen) atoms. The molecule has 1 atom stereocenters. The third-order valence-corrected chi connectivity index (χ3v) is 4.14. The molecule has 1 amide bonds. The van der Waals surface area contributed by atoms with Crippen LogP contribution < -0.4 is 10.1 Å². The Morgan fingerprint density at radius 2 is 2.12 bits per heavy atom. The predicted molar refractivity (Wildman–Crippen MR) is 94.7 cm³/mol. The quantitative estimate of drug-likeness (QED) is 0.870. The number of amides is 1. The van der Waals surface area contributed by atoms with Gasteiger partial charge in [-0.3, -0.25) is 4.79 Å². The van der Waals surface area contributed by atoms with Crippen molar-refractivity contribution < 1.29 is 13.9 Å². The molecule has 5 nitrogen and oxygen atoms in total. The van der Waals surface area contributed by atoms with Gasteiger partial charge in [0.1, 0.15) is 12.4 Å². The first-order valence-electron chi connectivity index (χ1n) is 7.96. The molecular formula is C18H23ClN2O3. The molecule has 1 unspecified atom stereocenters. The SMILES string of the molecule is CNCC1CCN(C(=O)c2occc2COc2ccccc2)C1.Cl. The Labute approximate surface area is 148 Å². The van der Waals surface area contributed by atoms with E-state index in [0.29, 0.717) is 18.3 Å². The van der Waals surface area contributed by atoms with Gasteiger partial charge in [0, 0.05) is 18.7 Å². The van der Waals surface area contributed by atoms with Crippen LogP contribution >= 0.6 is 12.4 Å². The third kappa shape index (κ3) is 4.30. The number of ether oxygens (including phenoxy) is 1. The van der Waals surface area contributed by atoms with Crippen molar-refractivity contribution in [3.05, 3.63) is 54.0 Å². The number of carbonyl (C=O) groups is 1. The average Bonchev–Trinajstić information content (AvgIpc) is 3.23. The van der Waals surface area contributed by atoms with Crippen molar-refractivity contribution in [1.29, 1.82) is 0 Å². The van der Waals surface area contributed by atoms with Gasteiger partial charge in [-0.15, -0.1) is 12.4 Å². The van der Waals surface area contributed by atoms with Gasteiger partial charge in [-0.2, -0.15) is 0 Å². The molecule has 0 bridgehead atoms. The maximum Gasteiger partial charge on any atom is 0.289 e. The Bertz CT molecular complexity index is 645. The number of carbonyl (C=O) groups excluding carboxylic acids is 1. The summed E-state index contributed by atoms with van der Waals surface area (Å²) < 4.78 is 11.2. The van der Waals surface area contributed by atoms with Gasteiger partial charge in [0.05, 0.1) is 6.26 Å². The van der Waals surface area contributed by atoms with E-state index in [-0.39, 0.29) is 18.3 Å². The van der Waals surface area contributed by atoms with Crippen molar-refractivity contribution in [2.75, 3.05) is 26.7 Å². The molecule has 1 fully saturated rings. The monoisotopic (exact) mass is 350 g/mol. The Morgan fingerprint density at radius 1 is 1.33 bits per heavy atom. The molecule has 3 rings (SSSR count). The van der Waals surface area contributed by atoms with E-state index in [1.165, 1.54) is 0 Å². The maximum atomic E-state index is 12.6. The molecule has 0 radical (unpaired) electrons. The van der Waals surface area contributed by atoms with Crippen LogP contribution in [0.15, 0.2) is 47.1 Å². The first kappa shape index (κ1) is 18.4. The zero-order chi connectivity index (χ0) is 16.1. The van der Waals surface area contributed by atoms with Gasteiger partial charge in [0.15, 0.2) is 5.76 Å². The lowest BCUT2D eigenvalue weighted by atomic mass is 10.1. The molecule has 1 aromatic carbocycles. The van der Waals surface area contributed by atoms with Crippen LogP contribution in [0.25, 0.3) is 0 Å². The molecule has 2 aromatic rings. The fourth-order valence-electron chi connectivity index (χ4n) is 2.93. The van der Waals surface area contributed by atoms with E-state index in [9.17, 15) is 4.79 Å². The van der Waals surface area contributed by atoms with Crippen LogP contribution in [0.4, 0.5) is 0 Å². The number of furan rings is 1. The summed E-state index contributed by atoms with van der Waals surface area (Å²) in [5.74, 6) is 1.65. The number of hydrogen-bond donors (Lipinski definition) is 1. The van der Waals surface area contributed by atoms with Gasteiger partial charge in [-0.1, -0.05) is 18.2 Å². The number of likely N-dealkylation sites (tertiary alicyclic amines) is 1. The van der Waals surface area contributed by atoms with Crippen LogP contribution in [0.1, 0.15) is 22.5 Å². The zero-order valence-electron chi connectivity index (χ0n) is 13.7. The minimum atomic E-state index is -0.0414. The molecule has 6 heteroatoms. The van der Waals surface area contributed by atoms with Crippen LogP contribution in [0.2, 0.25) is 0 Å². The number of nitrogens with one attached hydrogen (secondary N) is 1. The molecule has 0 aliphatic carbocycles. The largest absolute Gasteiger partial charge is 0.489 e. The number of hydrogen-bond acceptors (Lipinski definition) is 4. The van der Waals surface area contributed by atoms with E-state index >= 15 is 0 Å². The van der Waals surface area contributed by atoms with E-state index in [1.807, 2.05) is 42.3 Å². The van der Waals surface area contributed by atoms with E-state index in [4.69, 9.17) is 9.15 Å². The third-order valence-electron chi connectivity index (χ3n) is 4.14. The predicted octanol–water partition coefficient (Wildman–Crippen LogP) is 2.96. The molecule has 0 saturated carbocycles. The lowest BCUT2D eigenvalue weighted by Gasteiger charge is -2.16. The van der Waals surface area contributed by atoms with Crippen LogP contribution in [-0.4, -0.2) is 37.5 Å². The molecule has 0 spiro atoms. The Balaban J connectivity index is 0.00000208. The van der Waals surface area contributed by atoms with E-state index < -0.39 is 0 Å². The Hall–Kier alpha value is -1.98. The highest BCUT2D eigenvalue weighted by atomic mass is 35.5. The number of benzene rings is 1. The summed E-state index contributed by atoms with van der Waals surface area (Å²) in [5, 5.41) is 3.17. The van der Waals surface area contributed by atoms with Crippen molar-refractivity contribution in [2.24, 2.45) is 5.92 Å². The minimum absolute atomic E-state index is 0. The highest BCUT2D eigenvalue weighted by Gasteiger charge is 2.29.